The molecule has 2 aromatic rings. The Labute approximate surface area is 218 Å². The van der Waals surface area contributed by atoms with Crippen LogP contribution in [0, 0.1) is 23.7 Å². The largest absolute Gasteiger partial charge is 0.348 e. The number of benzene rings is 1. The van der Waals surface area contributed by atoms with Gasteiger partial charge in [0.05, 0.1) is 10.3 Å². The predicted molar refractivity (Wildman–Crippen MR) is 133 cm³/mol. The van der Waals surface area contributed by atoms with Crippen LogP contribution < -0.4 is 10.9 Å². The highest BCUT2D eigenvalue weighted by molar-refractivity contribution is 7.93. The molecule has 2 aliphatic carbocycles. The van der Waals surface area contributed by atoms with Gasteiger partial charge in [0.15, 0.2) is 9.84 Å². The van der Waals surface area contributed by atoms with Gasteiger partial charge in [0.25, 0.3) is 17.4 Å². The van der Waals surface area contributed by atoms with E-state index in [1.165, 1.54) is 33.7 Å². The Morgan fingerprint density at radius 2 is 1.89 bits per heavy atom. The van der Waals surface area contributed by atoms with Crippen LogP contribution in [0.5, 0.6) is 0 Å². The molecular formula is C26H24FN5O5S. The van der Waals surface area contributed by atoms with Crippen LogP contribution in [0.1, 0.15) is 57.7 Å². The molecule has 1 aliphatic heterocycles. The lowest BCUT2D eigenvalue weighted by Gasteiger charge is -2.32. The molecule has 2 heterocycles. The molecule has 1 N–H and O–H groups in total. The summed E-state index contributed by atoms with van der Waals surface area (Å²) in [5.41, 5.74) is -1.29. The van der Waals surface area contributed by atoms with E-state index in [9.17, 15) is 27.2 Å². The monoisotopic (exact) mass is 537 g/mol. The number of hydrogen-bond acceptors (Lipinski definition) is 6. The molecular weight excluding hydrogens is 513 g/mol. The third kappa shape index (κ3) is 4.45. The SMILES string of the molecule is [C-]#[N+]C1(CS(=O)(=O)C2(CN3CCn4c(ccc(C(=O)NCc5ccc(C#N)c(F)c5)c4=O)C3=O)CC2)CC1. The van der Waals surface area contributed by atoms with E-state index >= 15 is 0 Å². The van der Waals surface area contributed by atoms with Gasteiger partial charge in [-0.2, -0.15) is 5.26 Å². The highest BCUT2D eigenvalue weighted by Gasteiger charge is 2.63. The van der Waals surface area contributed by atoms with Crippen LogP contribution in [-0.4, -0.2) is 58.8 Å². The van der Waals surface area contributed by atoms with E-state index in [1.807, 2.05) is 0 Å². The minimum Gasteiger partial charge on any atom is -0.348 e. The number of hydrogen-bond donors (Lipinski definition) is 1. The first-order chi connectivity index (χ1) is 18.0. The maximum absolute atomic E-state index is 13.8. The molecule has 1 aromatic heterocycles. The fourth-order valence-corrected chi connectivity index (χ4v) is 7.27. The minimum atomic E-state index is -3.59. The lowest BCUT2D eigenvalue weighted by atomic mass is 10.1. The minimum absolute atomic E-state index is 0.0137. The normalized spacial score (nSPS) is 18.6. The van der Waals surface area contributed by atoms with Crippen molar-refractivity contribution in [3.8, 4) is 6.07 Å². The summed E-state index contributed by atoms with van der Waals surface area (Å²) in [6.45, 7) is 7.47. The van der Waals surface area contributed by atoms with Gasteiger partial charge in [0.1, 0.15) is 28.9 Å². The summed E-state index contributed by atoms with van der Waals surface area (Å²) in [6, 6.07) is 8.26. The number of aromatic nitrogens is 1. The van der Waals surface area contributed by atoms with Crippen molar-refractivity contribution in [3.63, 3.8) is 0 Å². The van der Waals surface area contributed by atoms with Gasteiger partial charge in [-0.1, -0.05) is 6.07 Å². The lowest BCUT2D eigenvalue weighted by molar-refractivity contribution is 0.0695. The third-order valence-corrected chi connectivity index (χ3v) is 10.4. The van der Waals surface area contributed by atoms with Gasteiger partial charge in [-0.05, 0) is 42.7 Å². The second kappa shape index (κ2) is 9.07. The number of carbonyl (C=O) groups is 2. The predicted octanol–water partition coefficient (Wildman–Crippen LogP) is 1.64. The van der Waals surface area contributed by atoms with Gasteiger partial charge in [-0.25, -0.2) is 19.4 Å². The van der Waals surface area contributed by atoms with E-state index in [1.54, 1.807) is 6.07 Å². The van der Waals surface area contributed by atoms with Crippen molar-refractivity contribution in [3.05, 3.63) is 80.3 Å². The zero-order valence-corrected chi connectivity index (χ0v) is 21.2. The van der Waals surface area contributed by atoms with Gasteiger partial charge in [-0.15, -0.1) is 0 Å². The van der Waals surface area contributed by atoms with Crippen molar-refractivity contribution in [1.82, 2.24) is 14.8 Å². The third-order valence-electron chi connectivity index (χ3n) is 7.60. The summed E-state index contributed by atoms with van der Waals surface area (Å²) in [4.78, 5) is 43.8. The van der Waals surface area contributed by atoms with E-state index in [0.29, 0.717) is 31.2 Å². The zero-order chi connectivity index (χ0) is 27.3. The van der Waals surface area contributed by atoms with Crippen molar-refractivity contribution < 1.29 is 22.4 Å². The second-order valence-electron chi connectivity index (χ2n) is 10.2. The van der Waals surface area contributed by atoms with Crippen molar-refractivity contribution in [2.75, 3.05) is 18.8 Å². The summed E-state index contributed by atoms with van der Waals surface area (Å²) in [5.74, 6) is -2.08. The lowest BCUT2D eigenvalue weighted by Crippen LogP contribution is -2.50. The molecule has 2 fully saturated rings. The number of nitriles is 1. The Kier molecular flexibility index (Phi) is 6.11. The fourth-order valence-electron chi connectivity index (χ4n) is 4.83. The van der Waals surface area contributed by atoms with Crippen LogP contribution in [0.4, 0.5) is 4.39 Å². The molecule has 2 amide bonds. The highest BCUT2D eigenvalue weighted by atomic mass is 32.2. The van der Waals surface area contributed by atoms with Gasteiger partial charge >= 0.3 is 0 Å². The van der Waals surface area contributed by atoms with Crippen LogP contribution in [0.3, 0.4) is 0 Å². The number of rotatable bonds is 8. The number of sulfone groups is 1. The van der Waals surface area contributed by atoms with Gasteiger partial charge in [0.2, 0.25) is 5.54 Å². The van der Waals surface area contributed by atoms with Crippen LogP contribution in [-0.2, 0) is 22.9 Å². The first kappa shape index (κ1) is 25.6. The van der Waals surface area contributed by atoms with Gasteiger partial charge in [0, 0.05) is 39.0 Å². The van der Waals surface area contributed by atoms with Crippen molar-refractivity contribution >= 4 is 21.7 Å². The first-order valence-electron chi connectivity index (χ1n) is 12.1. The molecule has 0 atom stereocenters. The second-order valence-corrected chi connectivity index (χ2v) is 12.6. The Balaban J connectivity index is 1.28. The number of amides is 2. The maximum Gasteiger partial charge on any atom is 0.270 e. The summed E-state index contributed by atoms with van der Waals surface area (Å²) in [5, 5.41) is 11.4. The van der Waals surface area contributed by atoms with E-state index in [4.69, 9.17) is 11.8 Å². The van der Waals surface area contributed by atoms with E-state index in [0.717, 1.165) is 6.07 Å². The Morgan fingerprint density at radius 3 is 2.50 bits per heavy atom. The maximum atomic E-state index is 13.8. The molecule has 0 saturated heterocycles. The molecule has 5 rings (SSSR count). The van der Waals surface area contributed by atoms with E-state index in [2.05, 4.69) is 10.2 Å². The molecule has 38 heavy (non-hydrogen) atoms. The van der Waals surface area contributed by atoms with Gasteiger partial charge < -0.3 is 19.6 Å². The van der Waals surface area contributed by atoms with Crippen LogP contribution in [0.15, 0.2) is 35.1 Å². The van der Waals surface area contributed by atoms with Crippen LogP contribution in [0.2, 0.25) is 0 Å². The number of nitrogens with one attached hydrogen (secondary N) is 1. The molecule has 10 nitrogen and oxygen atoms in total. The molecule has 0 unspecified atom stereocenters. The van der Waals surface area contributed by atoms with Crippen molar-refractivity contribution in [1.29, 1.82) is 5.26 Å². The molecule has 0 spiro atoms. The zero-order valence-electron chi connectivity index (χ0n) is 20.4. The van der Waals surface area contributed by atoms with E-state index in [-0.39, 0.29) is 48.8 Å². The van der Waals surface area contributed by atoms with Crippen LogP contribution in [0.25, 0.3) is 4.85 Å². The van der Waals surface area contributed by atoms with Crippen LogP contribution >= 0.6 is 0 Å². The molecule has 3 aliphatic rings. The Hall–Kier alpha value is -4.03. The smallest absolute Gasteiger partial charge is 0.270 e. The molecule has 1 aromatic carbocycles. The topological polar surface area (TPSA) is 134 Å². The highest BCUT2D eigenvalue weighted by Crippen LogP contribution is 2.50. The number of halogens is 1. The van der Waals surface area contributed by atoms with Gasteiger partial charge in [-0.3, -0.25) is 14.4 Å². The Bertz CT molecular complexity index is 1610. The van der Waals surface area contributed by atoms with E-state index < -0.39 is 43.3 Å². The number of carbonyl (C=O) groups excluding carboxylic acids is 2. The Morgan fingerprint density at radius 1 is 1.16 bits per heavy atom. The quantitative estimate of drug-likeness (QED) is 0.509. The summed E-state index contributed by atoms with van der Waals surface area (Å²) < 4.78 is 40.2. The first-order valence-corrected chi connectivity index (χ1v) is 13.8. The van der Waals surface area contributed by atoms with Crippen molar-refractivity contribution in [2.24, 2.45) is 0 Å². The molecule has 12 heteroatoms. The fraction of sp³-hybridized carbons (Fsp3) is 0.423. The number of nitrogens with zero attached hydrogens (tertiary/aromatic N) is 4. The van der Waals surface area contributed by atoms with Crippen molar-refractivity contribution in [2.45, 2.75) is 49.1 Å². The average molecular weight is 538 g/mol. The molecule has 0 radical (unpaired) electrons. The summed E-state index contributed by atoms with van der Waals surface area (Å²) >= 11 is 0. The molecule has 2 saturated carbocycles. The number of pyridine rings is 1. The summed E-state index contributed by atoms with van der Waals surface area (Å²) in [7, 11) is -3.59. The standard InChI is InChI=1S/C26H24FN5O5S/c1-29-25(6-7-25)16-38(36,37)26(8-9-26)15-31-10-11-32-21(24(31)35)5-4-19(23(32)34)22(33)30-14-17-2-3-18(13-28)20(27)12-17/h2-5,12H,6-11,14-16H2,(H,30,33). The summed E-state index contributed by atoms with van der Waals surface area (Å²) in [6.07, 6.45) is 2.01. The number of fused-ring (bicyclic) bond motifs is 1. The molecule has 196 valence electrons. The average Bonchev–Trinajstić information content (AvgIpc) is 3.82. The molecule has 0 bridgehead atoms.